The predicted molar refractivity (Wildman–Crippen MR) is 164 cm³/mol. The topological polar surface area (TPSA) is 87.9 Å². The lowest BCUT2D eigenvalue weighted by Gasteiger charge is -2.48. The lowest BCUT2D eigenvalue weighted by molar-refractivity contribution is -0.308. The van der Waals surface area contributed by atoms with Crippen molar-refractivity contribution in [1.82, 2.24) is 19.9 Å². The first-order valence-electron chi connectivity index (χ1n) is 14.6. The van der Waals surface area contributed by atoms with Crippen molar-refractivity contribution < 1.29 is 36.9 Å². The molecule has 0 bridgehead atoms. The molecule has 0 saturated carbocycles. The number of rotatable bonds is 7. The van der Waals surface area contributed by atoms with Crippen molar-refractivity contribution in [2.75, 3.05) is 26.8 Å². The molecule has 4 heterocycles. The second-order valence-corrected chi connectivity index (χ2v) is 13.2. The summed E-state index contributed by atoms with van der Waals surface area (Å²) in [5.74, 6) is -4.30. The van der Waals surface area contributed by atoms with Gasteiger partial charge in [0.25, 0.3) is 5.91 Å². The van der Waals surface area contributed by atoms with Crippen molar-refractivity contribution in [2.45, 2.75) is 47.4 Å². The van der Waals surface area contributed by atoms with E-state index in [-0.39, 0.29) is 23.8 Å². The van der Waals surface area contributed by atoms with E-state index in [0.717, 1.165) is 28.6 Å². The Labute approximate surface area is 275 Å². The van der Waals surface area contributed by atoms with E-state index in [4.69, 9.17) is 18.9 Å². The fraction of sp³-hybridized carbons (Fsp3) is 0.344. The highest BCUT2D eigenvalue weighted by Gasteiger charge is 2.52. The summed E-state index contributed by atoms with van der Waals surface area (Å²) in [6.45, 7) is 1.60. The summed E-state index contributed by atoms with van der Waals surface area (Å²) >= 11 is 4.87. The summed E-state index contributed by atoms with van der Waals surface area (Å²) in [7, 11) is 1.54. The second kappa shape index (κ2) is 13.1. The first-order chi connectivity index (χ1) is 22.3. The van der Waals surface area contributed by atoms with Gasteiger partial charge in [-0.3, -0.25) is 4.79 Å². The molecule has 0 spiro atoms. The normalized spacial score (nSPS) is 26.0. The molecule has 3 aliphatic heterocycles. The molecule has 4 aromatic rings. The van der Waals surface area contributed by atoms with Crippen LogP contribution >= 0.6 is 27.7 Å². The Kier molecular flexibility index (Phi) is 8.92. The summed E-state index contributed by atoms with van der Waals surface area (Å²) in [6.07, 6.45) is -0.159. The fourth-order valence-electron chi connectivity index (χ4n) is 5.84. The molecule has 1 aromatic heterocycles. The number of halogens is 4. The first-order valence-corrected chi connectivity index (χ1v) is 16.3. The SMILES string of the molecule is COC1C(Sc2cc(Br)ccc2C(=O)N2CCC2)OC2COC(c3ccccc3)OC2C1n1cc(-c2cc(F)c(F)c(F)c2)nn1. The van der Waals surface area contributed by atoms with Gasteiger partial charge in [-0.2, -0.15) is 0 Å². The number of amides is 1. The lowest BCUT2D eigenvalue weighted by atomic mass is 9.95. The van der Waals surface area contributed by atoms with Crippen LogP contribution in [0.25, 0.3) is 11.3 Å². The summed E-state index contributed by atoms with van der Waals surface area (Å²) in [6, 6.07) is 16.0. The molecule has 3 aromatic carbocycles. The smallest absolute Gasteiger partial charge is 0.254 e. The largest absolute Gasteiger partial charge is 0.375 e. The monoisotopic (exact) mass is 716 g/mol. The molecule has 3 fully saturated rings. The number of benzene rings is 3. The van der Waals surface area contributed by atoms with Gasteiger partial charge in [0, 0.05) is 40.7 Å². The van der Waals surface area contributed by atoms with Crippen LogP contribution in [0.3, 0.4) is 0 Å². The predicted octanol–water partition coefficient (Wildman–Crippen LogP) is 6.16. The number of likely N-dealkylation sites (tertiary alicyclic amines) is 1. The molecule has 9 nitrogen and oxygen atoms in total. The Hall–Kier alpha value is -3.27. The van der Waals surface area contributed by atoms with Crippen LogP contribution in [0.15, 0.2) is 76.2 Å². The van der Waals surface area contributed by atoms with E-state index in [9.17, 15) is 18.0 Å². The van der Waals surface area contributed by atoms with Crippen LogP contribution in [0.2, 0.25) is 0 Å². The van der Waals surface area contributed by atoms with E-state index in [2.05, 4.69) is 26.2 Å². The van der Waals surface area contributed by atoms with Crippen molar-refractivity contribution in [1.29, 1.82) is 0 Å². The molecular formula is C32H28BrF3N4O5S. The highest BCUT2D eigenvalue weighted by atomic mass is 79.9. The molecule has 7 rings (SSSR count). The van der Waals surface area contributed by atoms with Crippen molar-refractivity contribution in [3.8, 4) is 11.3 Å². The van der Waals surface area contributed by atoms with Crippen LogP contribution in [-0.4, -0.2) is 76.4 Å². The minimum atomic E-state index is -1.57. The first kappa shape index (κ1) is 31.3. The van der Waals surface area contributed by atoms with E-state index in [1.165, 1.54) is 22.6 Å². The summed E-state index contributed by atoms with van der Waals surface area (Å²) in [5.41, 5.74) is 0.839. The van der Waals surface area contributed by atoms with Crippen LogP contribution in [0.1, 0.15) is 34.7 Å². The molecule has 6 unspecified atom stereocenters. The van der Waals surface area contributed by atoms with Gasteiger partial charge in [-0.1, -0.05) is 63.2 Å². The average molecular weight is 718 g/mol. The van der Waals surface area contributed by atoms with E-state index in [1.807, 2.05) is 42.5 Å². The third-order valence-electron chi connectivity index (χ3n) is 8.31. The molecule has 0 N–H and O–H groups in total. The van der Waals surface area contributed by atoms with E-state index in [0.29, 0.717) is 23.5 Å². The van der Waals surface area contributed by atoms with Gasteiger partial charge >= 0.3 is 0 Å². The van der Waals surface area contributed by atoms with E-state index < -0.39 is 53.5 Å². The van der Waals surface area contributed by atoms with Crippen molar-refractivity contribution >= 4 is 33.6 Å². The minimum absolute atomic E-state index is 0.0180. The number of hydrogen-bond acceptors (Lipinski definition) is 8. The van der Waals surface area contributed by atoms with Gasteiger partial charge in [0.15, 0.2) is 23.7 Å². The van der Waals surface area contributed by atoms with Gasteiger partial charge in [0.05, 0.1) is 18.4 Å². The zero-order chi connectivity index (χ0) is 31.9. The van der Waals surface area contributed by atoms with Crippen molar-refractivity contribution in [3.05, 3.63) is 99.9 Å². The number of carbonyl (C=O) groups excluding carboxylic acids is 1. The summed E-state index contributed by atoms with van der Waals surface area (Å²) in [5, 5.41) is 8.48. The van der Waals surface area contributed by atoms with Gasteiger partial charge < -0.3 is 23.8 Å². The van der Waals surface area contributed by atoms with Gasteiger partial charge in [0.2, 0.25) is 0 Å². The third-order valence-corrected chi connectivity index (χ3v) is 10.0. The molecular weight excluding hydrogens is 689 g/mol. The zero-order valence-electron chi connectivity index (χ0n) is 24.4. The molecule has 14 heteroatoms. The number of carbonyl (C=O) groups is 1. The van der Waals surface area contributed by atoms with Gasteiger partial charge in [-0.05, 0) is 36.8 Å². The van der Waals surface area contributed by atoms with Crippen LogP contribution < -0.4 is 0 Å². The Morgan fingerprint density at radius 2 is 1.80 bits per heavy atom. The lowest BCUT2D eigenvalue weighted by Crippen LogP contribution is -2.59. The molecule has 240 valence electrons. The average Bonchev–Trinajstić information content (AvgIpc) is 3.52. The van der Waals surface area contributed by atoms with Crippen LogP contribution in [0.4, 0.5) is 13.2 Å². The van der Waals surface area contributed by atoms with Gasteiger partial charge in [0.1, 0.15) is 35.5 Å². The number of fused-ring (bicyclic) bond motifs is 1. The molecule has 0 radical (unpaired) electrons. The summed E-state index contributed by atoms with van der Waals surface area (Å²) in [4.78, 5) is 15.8. The number of ether oxygens (including phenoxy) is 4. The highest BCUT2D eigenvalue weighted by Crippen LogP contribution is 2.45. The van der Waals surface area contributed by atoms with Gasteiger partial charge in [-0.15, -0.1) is 5.10 Å². The maximum atomic E-state index is 14.1. The zero-order valence-corrected chi connectivity index (χ0v) is 26.8. The Morgan fingerprint density at radius 1 is 1.04 bits per heavy atom. The molecule has 3 saturated heterocycles. The Bertz CT molecular complexity index is 1720. The Balaban J connectivity index is 1.25. The number of aromatic nitrogens is 3. The molecule has 46 heavy (non-hydrogen) atoms. The number of nitrogens with zero attached hydrogens (tertiary/aromatic N) is 4. The van der Waals surface area contributed by atoms with Crippen LogP contribution in [0, 0.1) is 17.5 Å². The number of methoxy groups -OCH3 is 1. The third kappa shape index (κ3) is 5.98. The maximum absolute atomic E-state index is 14.1. The second-order valence-electron chi connectivity index (χ2n) is 11.2. The van der Waals surface area contributed by atoms with Crippen LogP contribution in [-0.2, 0) is 18.9 Å². The quantitative estimate of drug-likeness (QED) is 0.210. The van der Waals surface area contributed by atoms with Crippen LogP contribution in [0.5, 0.6) is 0 Å². The number of hydrogen-bond donors (Lipinski definition) is 0. The molecule has 3 aliphatic rings. The fourth-order valence-corrected chi connectivity index (χ4v) is 7.68. The Morgan fingerprint density at radius 3 is 2.50 bits per heavy atom. The highest BCUT2D eigenvalue weighted by molar-refractivity contribution is 9.10. The maximum Gasteiger partial charge on any atom is 0.254 e. The van der Waals surface area contributed by atoms with Gasteiger partial charge in [-0.25, -0.2) is 17.9 Å². The summed E-state index contributed by atoms with van der Waals surface area (Å²) < 4.78 is 69.5. The van der Waals surface area contributed by atoms with Crippen molar-refractivity contribution in [3.63, 3.8) is 0 Å². The molecule has 0 aliphatic carbocycles. The minimum Gasteiger partial charge on any atom is -0.375 e. The molecule has 1 amide bonds. The van der Waals surface area contributed by atoms with E-state index in [1.54, 1.807) is 18.1 Å². The van der Waals surface area contributed by atoms with E-state index >= 15 is 0 Å². The molecule has 6 atom stereocenters. The number of thioether (sulfide) groups is 1. The standard InChI is InChI=1S/C32H28BrF3N4O5S/c1-42-29-27(40-15-23(37-38-40)18-12-21(34)26(36)22(35)13-18)28-24(16-43-31(45-28)17-6-3-2-4-7-17)44-32(29)46-25-14-19(33)8-9-20(25)30(41)39-10-5-11-39/h2-4,6-9,12-15,24,27-29,31-32H,5,10-11,16H2,1H3. The van der Waals surface area contributed by atoms with Crippen molar-refractivity contribution in [2.24, 2.45) is 0 Å².